The van der Waals surface area contributed by atoms with Gasteiger partial charge in [-0.3, -0.25) is 19.8 Å². The number of nitrogens with zero attached hydrogens (tertiary/aromatic N) is 1. The van der Waals surface area contributed by atoms with Gasteiger partial charge in [0.15, 0.2) is 0 Å². The average molecular weight is 322 g/mol. The van der Waals surface area contributed by atoms with Crippen LogP contribution in [0.15, 0.2) is 18.2 Å². The van der Waals surface area contributed by atoms with Gasteiger partial charge in [0.1, 0.15) is 17.1 Å². The zero-order valence-corrected chi connectivity index (χ0v) is 13.1. The summed E-state index contributed by atoms with van der Waals surface area (Å²) >= 11 is 0. The Balaban J connectivity index is 2.33. The summed E-state index contributed by atoms with van der Waals surface area (Å²) in [6.45, 7) is 0.0124. The Bertz CT molecular complexity index is 608. The molecule has 1 N–H and O–H groups in total. The number of rotatable bonds is 4. The Morgan fingerprint density at radius 2 is 1.78 bits per heavy atom. The predicted octanol–water partition coefficient (Wildman–Crippen LogP) is 0.370. The SMILES string of the molecule is COC(=O)C1CC(=O)NN(C(=O)c2c(OC)cccc2OC)C1. The first-order valence-electron chi connectivity index (χ1n) is 6.92. The maximum atomic E-state index is 12.8. The predicted molar refractivity (Wildman–Crippen MR) is 78.8 cm³/mol. The number of carbonyl (C=O) groups is 3. The monoisotopic (exact) mass is 322 g/mol. The third-order valence-electron chi connectivity index (χ3n) is 3.52. The van der Waals surface area contributed by atoms with Crippen molar-refractivity contribution >= 4 is 17.8 Å². The molecule has 8 nitrogen and oxygen atoms in total. The Morgan fingerprint density at radius 1 is 1.17 bits per heavy atom. The molecule has 0 bridgehead atoms. The fourth-order valence-electron chi connectivity index (χ4n) is 2.41. The summed E-state index contributed by atoms with van der Waals surface area (Å²) in [7, 11) is 4.10. The molecule has 0 spiro atoms. The lowest BCUT2D eigenvalue weighted by atomic mass is 10.0. The first-order chi connectivity index (χ1) is 11.0. The second-order valence-electron chi connectivity index (χ2n) is 4.91. The van der Waals surface area contributed by atoms with E-state index in [1.54, 1.807) is 18.2 Å². The van der Waals surface area contributed by atoms with Crippen LogP contribution in [-0.2, 0) is 14.3 Å². The van der Waals surface area contributed by atoms with Gasteiger partial charge in [-0.2, -0.15) is 0 Å². The van der Waals surface area contributed by atoms with Crippen LogP contribution in [0.25, 0.3) is 0 Å². The zero-order chi connectivity index (χ0) is 17.0. The number of methoxy groups -OCH3 is 3. The van der Waals surface area contributed by atoms with Gasteiger partial charge in [0.25, 0.3) is 5.91 Å². The molecule has 124 valence electrons. The first kappa shape index (κ1) is 16.6. The van der Waals surface area contributed by atoms with Crippen LogP contribution in [0, 0.1) is 5.92 Å². The van der Waals surface area contributed by atoms with E-state index in [0.717, 1.165) is 5.01 Å². The minimum absolute atomic E-state index is 0.0124. The number of nitrogens with one attached hydrogen (secondary N) is 1. The molecule has 2 amide bonds. The highest BCUT2D eigenvalue weighted by atomic mass is 16.5. The highest BCUT2D eigenvalue weighted by Crippen LogP contribution is 2.30. The van der Waals surface area contributed by atoms with Crippen LogP contribution >= 0.6 is 0 Å². The van der Waals surface area contributed by atoms with Crippen molar-refractivity contribution in [3.05, 3.63) is 23.8 Å². The summed E-state index contributed by atoms with van der Waals surface area (Å²) in [5.41, 5.74) is 2.62. The van der Waals surface area contributed by atoms with Crippen LogP contribution in [0.4, 0.5) is 0 Å². The fourth-order valence-corrected chi connectivity index (χ4v) is 2.41. The molecule has 1 heterocycles. The molecule has 0 saturated carbocycles. The Morgan fingerprint density at radius 3 is 2.30 bits per heavy atom. The van der Waals surface area contributed by atoms with Gasteiger partial charge < -0.3 is 14.2 Å². The van der Waals surface area contributed by atoms with E-state index < -0.39 is 23.7 Å². The van der Waals surface area contributed by atoms with Crippen LogP contribution in [-0.4, -0.2) is 50.7 Å². The van der Waals surface area contributed by atoms with Crippen molar-refractivity contribution in [3.63, 3.8) is 0 Å². The number of ether oxygens (including phenoxy) is 3. The largest absolute Gasteiger partial charge is 0.496 e. The van der Waals surface area contributed by atoms with Gasteiger partial charge in [0.2, 0.25) is 5.91 Å². The van der Waals surface area contributed by atoms with Crippen molar-refractivity contribution in [2.45, 2.75) is 6.42 Å². The molecule has 0 aliphatic carbocycles. The summed E-state index contributed by atoms with van der Waals surface area (Å²) < 4.78 is 15.0. The number of hydrogen-bond acceptors (Lipinski definition) is 6. The van der Waals surface area contributed by atoms with Gasteiger partial charge in [0.05, 0.1) is 33.8 Å². The Kier molecular flexibility index (Phi) is 5.05. The highest BCUT2D eigenvalue weighted by molar-refractivity contribution is 6.01. The first-order valence-corrected chi connectivity index (χ1v) is 6.92. The van der Waals surface area contributed by atoms with Gasteiger partial charge >= 0.3 is 5.97 Å². The number of hydrogen-bond donors (Lipinski definition) is 1. The third kappa shape index (κ3) is 3.36. The van der Waals surface area contributed by atoms with E-state index in [2.05, 4.69) is 10.2 Å². The van der Waals surface area contributed by atoms with Crippen molar-refractivity contribution in [1.29, 1.82) is 0 Å². The molecule has 1 unspecified atom stereocenters. The summed E-state index contributed by atoms with van der Waals surface area (Å²) in [5, 5.41) is 1.08. The van der Waals surface area contributed by atoms with Crippen molar-refractivity contribution < 1.29 is 28.6 Å². The lowest BCUT2D eigenvalue weighted by Gasteiger charge is -2.32. The Labute approximate surface area is 133 Å². The molecular formula is C15H18N2O6. The topological polar surface area (TPSA) is 94.2 Å². The van der Waals surface area contributed by atoms with E-state index in [-0.39, 0.29) is 18.5 Å². The molecule has 1 aromatic rings. The lowest BCUT2D eigenvalue weighted by molar-refractivity contribution is -0.151. The second kappa shape index (κ2) is 6.99. The van der Waals surface area contributed by atoms with E-state index in [4.69, 9.17) is 9.47 Å². The van der Waals surface area contributed by atoms with Crippen molar-refractivity contribution in [2.75, 3.05) is 27.9 Å². The fraction of sp³-hybridized carbons (Fsp3) is 0.400. The van der Waals surface area contributed by atoms with Crippen LogP contribution in [0.2, 0.25) is 0 Å². The molecule has 1 aromatic carbocycles. The molecule has 8 heteroatoms. The van der Waals surface area contributed by atoms with Gasteiger partial charge in [-0.05, 0) is 12.1 Å². The number of carbonyl (C=O) groups excluding carboxylic acids is 3. The van der Waals surface area contributed by atoms with E-state index in [9.17, 15) is 14.4 Å². The van der Waals surface area contributed by atoms with Crippen LogP contribution < -0.4 is 14.9 Å². The Hall–Kier alpha value is -2.77. The molecule has 1 atom stereocenters. The van der Waals surface area contributed by atoms with E-state index in [0.29, 0.717) is 11.5 Å². The summed E-state index contributed by atoms with van der Waals surface area (Å²) in [4.78, 5) is 36.2. The number of benzene rings is 1. The van der Waals surface area contributed by atoms with Gasteiger partial charge in [0, 0.05) is 6.42 Å². The normalized spacial score (nSPS) is 17.3. The van der Waals surface area contributed by atoms with Crippen LogP contribution in [0.1, 0.15) is 16.8 Å². The summed E-state index contributed by atoms with van der Waals surface area (Å²) in [5.74, 6) is -1.59. The van der Waals surface area contributed by atoms with E-state index in [1.807, 2.05) is 0 Å². The molecule has 0 aromatic heterocycles. The van der Waals surface area contributed by atoms with Gasteiger partial charge in [-0.1, -0.05) is 6.07 Å². The standard InChI is InChI=1S/C15H18N2O6/c1-21-10-5-4-6-11(22-2)13(10)14(19)17-8-9(15(20)23-3)7-12(18)16-17/h4-6,9H,7-8H2,1-3H3,(H,16,18). The van der Waals surface area contributed by atoms with Crippen LogP contribution in [0.5, 0.6) is 11.5 Å². The van der Waals surface area contributed by atoms with Crippen molar-refractivity contribution in [3.8, 4) is 11.5 Å². The summed E-state index contributed by atoms with van der Waals surface area (Å²) in [6.07, 6.45) is -0.0283. The third-order valence-corrected chi connectivity index (χ3v) is 3.52. The minimum Gasteiger partial charge on any atom is -0.496 e. The molecule has 2 rings (SSSR count). The summed E-state index contributed by atoms with van der Waals surface area (Å²) in [6, 6.07) is 4.90. The minimum atomic E-state index is -0.710. The molecule has 23 heavy (non-hydrogen) atoms. The molecule has 1 fully saturated rings. The molecule has 1 aliphatic rings. The number of esters is 1. The van der Waals surface area contributed by atoms with Gasteiger partial charge in [-0.15, -0.1) is 0 Å². The van der Waals surface area contributed by atoms with E-state index >= 15 is 0 Å². The second-order valence-corrected chi connectivity index (χ2v) is 4.91. The lowest BCUT2D eigenvalue weighted by Crippen LogP contribution is -2.54. The average Bonchev–Trinajstić information content (AvgIpc) is 2.58. The quantitative estimate of drug-likeness (QED) is 0.805. The maximum absolute atomic E-state index is 12.8. The smallest absolute Gasteiger partial charge is 0.311 e. The zero-order valence-electron chi connectivity index (χ0n) is 13.1. The molecule has 0 radical (unpaired) electrons. The maximum Gasteiger partial charge on any atom is 0.311 e. The number of hydrazine groups is 1. The van der Waals surface area contributed by atoms with E-state index in [1.165, 1.54) is 21.3 Å². The van der Waals surface area contributed by atoms with Crippen molar-refractivity contribution in [2.24, 2.45) is 5.92 Å². The molecule has 1 aliphatic heterocycles. The van der Waals surface area contributed by atoms with Crippen molar-refractivity contribution in [1.82, 2.24) is 10.4 Å². The van der Waals surface area contributed by atoms with Gasteiger partial charge in [-0.25, -0.2) is 5.01 Å². The molecular weight excluding hydrogens is 304 g/mol. The number of amides is 2. The van der Waals surface area contributed by atoms with Crippen LogP contribution in [0.3, 0.4) is 0 Å². The molecule has 1 saturated heterocycles. The highest BCUT2D eigenvalue weighted by Gasteiger charge is 2.35.